The van der Waals surface area contributed by atoms with Crippen molar-refractivity contribution in [1.29, 1.82) is 0 Å². The van der Waals surface area contributed by atoms with Crippen LogP contribution in [0.5, 0.6) is 5.75 Å². The number of hydrogen-bond donors (Lipinski definition) is 2. The van der Waals surface area contributed by atoms with E-state index < -0.39 is 16.1 Å². The van der Waals surface area contributed by atoms with Gasteiger partial charge in [-0.3, -0.25) is 4.98 Å². The molecule has 20 heavy (non-hydrogen) atoms. The van der Waals surface area contributed by atoms with Gasteiger partial charge in [-0.05, 0) is 46.6 Å². The van der Waals surface area contributed by atoms with Gasteiger partial charge in [-0.25, -0.2) is 13.1 Å². The molecule has 2 rings (SSSR count). The van der Waals surface area contributed by atoms with Crippen molar-refractivity contribution in [1.82, 2.24) is 9.71 Å². The van der Waals surface area contributed by atoms with Crippen LogP contribution < -0.4 is 4.72 Å². The molecular formula is C13H13BrN2O3S. The number of aromatic hydroxyl groups is 1. The van der Waals surface area contributed by atoms with Crippen LogP contribution in [0.2, 0.25) is 0 Å². The van der Waals surface area contributed by atoms with Crippen molar-refractivity contribution in [2.75, 3.05) is 0 Å². The molecule has 2 aromatic rings. The van der Waals surface area contributed by atoms with E-state index >= 15 is 0 Å². The van der Waals surface area contributed by atoms with Crippen LogP contribution in [0, 0.1) is 0 Å². The number of nitrogens with one attached hydrogen (secondary N) is 1. The molecule has 0 aliphatic heterocycles. The van der Waals surface area contributed by atoms with E-state index in [4.69, 9.17) is 0 Å². The number of aromatic nitrogens is 1. The van der Waals surface area contributed by atoms with Crippen molar-refractivity contribution >= 4 is 26.0 Å². The van der Waals surface area contributed by atoms with E-state index in [0.717, 1.165) is 0 Å². The van der Waals surface area contributed by atoms with Crippen molar-refractivity contribution in [2.24, 2.45) is 0 Å². The third-order valence-corrected chi connectivity index (χ3v) is 4.63. The Hall–Kier alpha value is -1.44. The fraction of sp³-hybridized carbons (Fsp3) is 0.154. The average molecular weight is 357 g/mol. The Kier molecular flexibility index (Phi) is 4.42. The first kappa shape index (κ1) is 15.0. The van der Waals surface area contributed by atoms with Crippen LogP contribution in [0.15, 0.2) is 52.1 Å². The molecule has 0 aliphatic carbocycles. The molecule has 1 aromatic heterocycles. The third-order valence-electron chi connectivity index (χ3n) is 2.69. The maximum Gasteiger partial charge on any atom is 0.242 e. The van der Waals surface area contributed by atoms with Gasteiger partial charge >= 0.3 is 0 Å². The van der Waals surface area contributed by atoms with Crippen LogP contribution in [0.4, 0.5) is 0 Å². The van der Waals surface area contributed by atoms with Gasteiger partial charge in [0.1, 0.15) is 10.6 Å². The smallest absolute Gasteiger partial charge is 0.242 e. The molecule has 7 heteroatoms. The van der Waals surface area contributed by atoms with Crippen LogP contribution in [0.25, 0.3) is 0 Å². The van der Waals surface area contributed by atoms with Gasteiger partial charge in [-0.15, -0.1) is 0 Å². The topological polar surface area (TPSA) is 79.3 Å². The number of benzene rings is 1. The van der Waals surface area contributed by atoms with Gasteiger partial charge in [0.05, 0.1) is 0 Å². The van der Waals surface area contributed by atoms with E-state index in [1.54, 1.807) is 19.1 Å². The predicted molar refractivity (Wildman–Crippen MR) is 78.8 cm³/mol. The van der Waals surface area contributed by atoms with Crippen molar-refractivity contribution in [3.63, 3.8) is 0 Å². The molecule has 0 amide bonds. The summed E-state index contributed by atoms with van der Waals surface area (Å²) in [5, 5.41) is 9.42. The maximum atomic E-state index is 12.2. The predicted octanol–water partition coefficient (Wildman–Crippen LogP) is 2.59. The van der Waals surface area contributed by atoms with Crippen LogP contribution in [-0.4, -0.2) is 18.5 Å². The molecule has 1 heterocycles. The van der Waals surface area contributed by atoms with Gasteiger partial charge in [0, 0.05) is 22.9 Å². The Bertz CT molecular complexity index is 719. The second-order valence-corrected chi connectivity index (χ2v) is 6.91. The zero-order valence-corrected chi connectivity index (χ0v) is 13.0. The van der Waals surface area contributed by atoms with Crippen LogP contribution in [0.3, 0.4) is 0 Å². The van der Waals surface area contributed by atoms with Gasteiger partial charge in [0.15, 0.2) is 0 Å². The Morgan fingerprint density at radius 2 is 2.05 bits per heavy atom. The monoisotopic (exact) mass is 356 g/mol. The molecule has 0 spiro atoms. The van der Waals surface area contributed by atoms with E-state index in [1.807, 2.05) is 0 Å². The van der Waals surface area contributed by atoms with Crippen LogP contribution in [-0.2, 0) is 10.0 Å². The van der Waals surface area contributed by atoms with Crippen molar-refractivity contribution < 1.29 is 13.5 Å². The molecule has 0 bridgehead atoms. The van der Waals surface area contributed by atoms with E-state index in [0.29, 0.717) is 10.0 Å². The summed E-state index contributed by atoms with van der Waals surface area (Å²) >= 11 is 3.19. The fourth-order valence-corrected chi connectivity index (χ4v) is 3.44. The number of sulfonamides is 1. The first-order chi connectivity index (χ1) is 9.38. The quantitative estimate of drug-likeness (QED) is 0.882. The number of nitrogens with zero attached hydrogens (tertiary/aromatic N) is 1. The standard InChI is InChI=1S/C13H13BrN2O3S/c1-9(10-3-2-4-12(17)5-10)16-20(18,19)13-6-11(14)7-15-8-13/h2-9,16-17H,1H3. The van der Waals surface area contributed by atoms with Gasteiger partial charge < -0.3 is 5.11 Å². The lowest BCUT2D eigenvalue weighted by Gasteiger charge is -2.14. The number of phenolic OH excluding ortho intramolecular Hbond substituents is 1. The molecule has 5 nitrogen and oxygen atoms in total. The van der Waals surface area contributed by atoms with E-state index in [9.17, 15) is 13.5 Å². The minimum Gasteiger partial charge on any atom is -0.508 e. The molecule has 0 radical (unpaired) electrons. The highest BCUT2D eigenvalue weighted by Crippen LogP contribution is 2.21. The summed E-state index contributed by atoms with van der Waals surface area (Å²) in [5.41, 5.74) is 0.677. The van der Waals surface area contributed by atoms with Gasteiger partial charge in [-0.1, -0.05) is 12.1 Å². The fourth-order valence-electron chi connectivity index (χ4n) is 1.70. The second-order valence-electron chi connectivity index (χ2n) is 4.28. The SMILES string of the molecule is CC(NS(=O)(=O)c1cncc(Br)c1)c1cccc(O)c1. The highest BCUT2D eigenvalue weighted by atomic mass is 79.9. The minimum atomic E-state index is -3.67. The summed E-state index contributed by atoms with van der Waals surface area (Å²) in [6, 6.07) is 7.47. The first-order valence-corrected chi connectivity index (χ1v) is 8.08. The van der Waals surface area contributed by atoms with Gasteiger partial charge in [0.2, 0.25) is 10.0 Å². The van der Waals surface area contributed by atoms with Crippen molar-refractivity contribution in [3.8, 4) is 5.75 Å². The van der Waals surface area contributed by atoms with Crippen molar-refractivity contribution in [3.05, 3.63) is 52.8 Å². The molecule has 0 fully saturated rings. The molecule has 2 N–H and O–H groups in total. The minimum absolute atomic E-state index is 0.0823. The number of rotatable bonds is 4. The molecule has 0 saturated carbocycles. The number of hydrogen-bond acceptors (Lipinski definition) is 4. The Morgan fingerprint density at radius 3 is 2.70 bits per heavy atom. The van der Waals surface area contributed by atoms with Gasteiger partial charge in [-0.2, -0.15) is 0 Å². The molecule has 1 aromatic carbocycles. The molecule has 1 unspecified atom stereocenters. The first-order valence-electron chi connectivity index (χ1n) is 5.80. The number of halogens is 1. The maximum absolute atomic E-state index is 12.2. The molecule has 106 valence electrons. The zero-order valence-electron chi connectivity index (χ0n) is 10.6. The Balaban J connectivity index is 2.24. The largest absolute Gasteiger partial charge is 0.508 e. The highest BCUT2D eigenvalue weighted by Gasteiger charge is 2.19. The van der Waals surface area contributed by atoms with E-state index in [2.05, 4.69) is 25.6 Å². The summed E-state index contributed by atoms with van der Waals surface area (Å²) in [4.78, 5) is 3.92. The van der Waals surface area contributed by atoms with Crippen LogP contribution >= 0.6 is 15.9 Å². The summed E-state index contributed by atoms with van der Waals surface area (Å²) < 4.78 is 27.6. The zero-order chi connectivity index (χ0) is 14.8. The normalized spacial score (nSPS) is 13.1. The highest BCUT2D eigenvalue weighted by molar-refractivity contribution is 9.10. The van der Waals surface area contributed by atoms with E-state index in [1.165, 1.54) is 30.6 Å². The lowest BCUT2D eigenvalue weighted by Crippen LogP contribution is -2.27. The van der Waals surface area contributed by atoms with Crippen LogP contribution in [0.1, 0.15) is 18.5 Å². The molecule has 0 saturated heterocycles. The Labute approximate surface area is 125 Å². The second kappa shape index (κ2) is 5.90. The summed E-state index contributed by atoms with van der Waals surface area (Å²) in [7, 11) is -3.67. The Morgan fingerprint density at radius 1 is 1.30 bits per heavy atom. The van der Waals surface area contributed by atoms with E-state index in [-0.39, 0.29) is 10.6 Å². The average Bonchev–Trinajstić information content (AvgIpc) is 2.38. The van der Waals surface area contributed by atoms with Gasteiger partial charge in [0.25, 0.3) is 0 Å². The van der Waals surface area contributed by atoms with Crippen molar-refractivity contribution in [2.45, 2.75) is 17.9 Å². The lowest BCUT2D eigenvalue weighted by molar-refractivity contribution is 0.473. The summed E-state index contributed by atoms with van der Waals surface area (Å²) in [6.45, 7) is 1.71. The lowest BCUT2D eigenvalue weighted by atomic mass is 10.1. The number of pyridine rings is 1. The molecule has 1 atom stereocenters. The summed E-state index contributed by atoms with van der Waals surface area (Å²) in [6.07, 6.45) is 2.79. The summed E-state index contributed by atoms with van der Waals surface area (Å²) in [5.74, 6) is 0.0951. The molecule has 0 aliphatic rings. The number of phenols is 1. The third kappa shape index (κ3) is 3.56. The molecular weight excluding hydrogens is 344 g/mol.